The number of likely N-dealkylation sites (N-methyl/N-ethyl adjacent to an activating group) is 1. The molecule has 0 saturated heterocycles. The molecule has 1 aromatic heterocycles. The zero-order valence-corrected chi connectivity index (χ0v) is 11.9. The highest BCUT2D eigenvalue weighted by Crippen LogP contribution is 2.33. The molecule has 0 bridgehead atoms. The zero-order valence-electron chi connectivity index (χ0n) is 11.1. The Hall–Kier alpha value is -1.61. The van der Waals surface area contributed by atoms with E-state index in [0.717, 1.165) is 12.1 Å². The minimum atomic E-state index is -4.48. The van der Waals surface area contributed by atoms with Gasteiger partial charge in [-0.25, -0.2) is 13.4 Å². The number of fused-ring (bicyclic) bond motifs is 3. The van der Waals surface area contributed by atoms with E-state index in [9.17, 15) is 21.6 Å². The quantitative estimate of drug-likeness (QED) is 0.809. The average Bonchev–Trinajstić information content (AvgIpc) is 2.77. The number of imidazole rings is 1. The molecule has 9 heteroatoms. The normalized spacial score (nSPS) is 18.9. The fourth-order valence-electron chi connectivity index (χ4n) is 2.47. The van der Waals surface area contributed by atoms with Crippen LogP contribution in [0.1, 0.15) is 12.5 Å². The Labute approximate surface area is 119 Å². The number of rotatable bonds is 1. The minimum Gasteiger partial charge on any atom is -0.312 e. The summed E-state index contributed by atoms with van der Waals surface area (Å²) in [6.45, 7) is 2.68. The van der Waals surface area contributed by atoms with Gasteiger partial charge in [0.2, 0.25) is 5.16 Å². The zero-order chi connectivity index (χ0) is 15.4. The van der Waals surface area contributed by atoms with E-state index in [1.54, 1.807) is 6.92 Å². The van der Waals surface area contributed by atoms with Crippen molar-refractivity contribution in [1.29, 1.82) is 0 Å². The van der Waals surface area contributed by atoms with Crippen molar-refractivity contribution in [2.24, 2.45) is 0 Å². The molecule has 1 aliphatic heterocycles. The first-order chi connectivity index (χ1) is 9.75. The molecule has 5 nitrogen and oxygen atoms in total. The summed E-state index contributed by atoms with van der Waals surface area (Å²) >= 11 is 0. The maximum Gasteiger partial charge on any atom is 0.416 e. The molecule has 21 heavy (non-hydrogen) atoms. The van der Waals surface area contributed by atoms with Gasteiger partial charge in [0.25, 0.3) is 10.0 Å². The molecule has 0 spiro atoms. The van der Waals surface area contributed by atoms with E-state index in [0.29, 0.717) is 18.6 Å². The molecule has 0 aliphatic carbocycles. The summed E-state index contributed by atoms with van der Waals surface area (Å²) in [5, 5.41) is -0.190. The van der Waals surface area contributed by atoms with E-state index < -0.39 is 21.8 Å². The van der Waals surface area contributed by atoms with Gasteiger partial charge in [0.1, 0.15) is 0 Å². The summed E-state index contributed by atoms with van der Waals surface area (Å²) in [6.07, 6.45) is -4.48. The van der Waals surface area contributed by atoms with Gasteiger partial charge in [-0.05, 0) is 18.2 Å². The first kappa shape index (κ1) is 14.3. The average molecular weight is 319 g/mol. The van der Waals surface area contributed by atoms with Gasteiger partial charge in [0.05, 0.1) is 16.6 Å². The van der Waals surface area contributed by atoms with Crippen LogP contribution < -0.4 is 0 Å². The highest BCUT2D eigenvalue weighted by Gasteiger charge is 2.35. The molecular weight excluding hydrogens is 307 g/mol. The van der Waals surface area contributed by atoms with Gasteiger partial charge in [0.15, 0.2) is 0 Å². The molecule has 0 saturated carbocycles. The van der Waals surface area contributed by atoms with Gasteiger partial charge >= 0.3 is 6.18 Å². The third-order valence-corrected chi connectivity index (χ3v) is 5.43. The van der Waals surface area contributed by atoms with Crippen molar-refractivity contribution in [3.8, 4) is 0 Å². The molecule has 0 radical (unpaired) electrons. The van der Waals surface area contributed by atoms with Crippen LogP contribution in [0.25, 0.3) is 11.0 Å². The Balaban J connectivity index is 2.23. The van der Waals surface area contributed by atoms with Gasteiger partial charge < -0.3 is 4.57 Å². The predicted molar refractivity (Wildman–Crippen MR) is 69.2 cm³/mol. The van der Waals surface area contributed by atoms with Crippen molar-refractivity contribution in [2.75, 3.05) is 13.1 Å². The second-order valence-electron chi connectivity index (χ2n) is 4.74. The highest BCUT2D eigenvalue weighted by molar-refractivity contribution is 7.89. The van der Waals surface area contributed by atoms with Crippen LogP contribution >= 0.6 is 0 Å². The standard InChI is InChI=1S/C12H12F3N3O2S/c1-2-17-5-6-18-10-4-3-8(12(13,14)15)7-9(10)16-11(18)21(17,19)20/h3-4,7H,2,5-6H2,1H3. The first-order valence-electron chi connectivity index (χ1n) is 6.33. The van der Waals surface area contributed by atoms with E-state index in [2.05, 4.69) is 4.98 Å². The van der Waals surface area contributed by atoms with Crippen LogP contribution in [0, 0.1) is 0 Å². The maximum absolute atomic E-state index is 12.7. The van der Waals surface area contributed by atoms with Crippen molar-refractivity contribution >= 4 is 21.1 Å². The molecular formula is C12H12F3N3O2S. The summed E-state index contributed by atoms with van der Waals surface area (Å²) in [4.78, 5) is 3.91. The Morgan fingerprint density at radius 1 is 1.29 bits per heavy atom. The van der Waals surface area contributed by atoms with Crippen LogP contribution in [0.4, 0.5) is 13.2 Å². The topological polar surface area (TPSA) is 55.2 Å². The molecule has 114 valence electrons. The number of hydrogen-bond acceptors (Lipinski definition) is 3. The van der Waals surface area contributed by atoms with Crippen molar-refractivity contribution in [3.05, 3.63) is 23.8 Å². The van der Waals surface area contributed by atoms with Gasteiger partial charge in [-0.15, -0.1) is 0 Å². The number of nitrogens with zero attached hydrogens (tertiary/aromatic N) is 3. The van der Waals surface area contributed by atoms with Crippen LogP contribution in [0.15, 0.2) is 23.4 Å². The lowest BCUT2D eigenvalue weighted by Crippen LogP contribution is -2.39. The van der Waals surface area contributed by atoms with Crippen LogP contribution in [0.5, 0.6) is 0 Å². The SMILES string of the molecule is CCN1CCn2c(nc3cc(C(F)(F)F)ccc32)S1(=O)=O. The van der Waals surface area contributed by atoms with E-state index in [1.807, 2.05) is 0 Å². The van der Waals surface area contributed by atoms with Gasteiger partial charge in [-0.1, -0.05) is 6.92 Å². The number of hydrogen-bond donors (Lipinski definition) is 0. The van der Waals surface area contributed by atoms with Gasteiger partial charge in [-0.3, -0.25) is 0 Å². The number of benzene rings is 1. The molecule has 0 amide bonds. The second-order valence-corrected chi connectivity index (χ2v) is 6.58. The fraction of sp³-hybridized carbons (Fsp3) is 0.417. The summed E-state index contributed by atoms with van der Waals surface area (Å²) in [5.74, 6) is 0. The summed E-state index contributed by atoms with van der Waals surface area (Å²) in [7, 11) is -3.74. The number of sulfonamides is 1. The van der Waals surface area contributed by atoms with Gasteiger partial charge in [-0.2, -0.15) is 17.5 Å². The van der Waals surface area contributed by atoms with Gasteiger partial charge in [0, 0.05) is 19.6 Å². The lowest BCUT2D eigenvalue weighted by atomic mass is 10.2. The summed E-state index contributed by atoms with van der Waals surface area (Å²) < 4.78 is 65.5. The van der Waals surface area contributed by atoms with Crippen LogP contribution in [0.3, 0.4) is 0 Å². The van der Waals surface area contributed by atoms with E-state index in [4.69, 9.17) is 0 Å². The van der Waals surface area contributed by atoms with E-state index in [-0.39, 0.29) is 17.2 Å². The molecule has 0 fully saturated rings. The monoisotopic (exact) mass is 319 g/mol. The Bertz CT molecular complexity index is 811. The molecule has 0 unspecified atom stereocenters. The molecule has 2 heterocycles. The minimum absolute atomic E-state index is 0.0429. The number of halogens is 3. The van der Waals surface area contributed by atoms with Crippen molar-refractivity contribution in [3.63, 3.8) is 0 Å². The van der Waals surface area contributed by atoms with E-state index >= 15 is 0 Å². The Morgan fingerprint density at radius 2 is 2.00 bits per heavy atom. The summed E-state index contributed by atoms with van der Waals surface area (Å²) in [6, 6.07) is 3.09. The van der Waals surface area contributed by atoms with Crippen LogP contribution in [-0.4, -0.2) is 35.4 Å². The molecule has 1 aliphatic rings. The van der Waals surface area contributed by atoms with Crippen LogP contribution in [0.2, 0.25) is 0 Å². The number of aromatic nitrogens is 2. The highest BCUT2D eigenvalue weighted by atomic mass is 32.2. The van der Waals surface area contributed by atoms with Crippen molar-refractivity contribution in [2.45, 2.75) is 24.8 Å². The third-order valence-electron chi connectivity index (χ3n) is 3.54. The lowest BCUT2D eigenvalue weighted by molar-refractivity contribution is -0.137. The molecule has 0 atom stereocenters. The van der Waals surface area contributed by atoms with E-state index in [1.165, 1.54) is 14.9 Å². The molecule has 0 N–H and O–H groups in total. The number of alkyl halides is 3. The second kappa shape index (κ2) is 4.44. The van der Waals surface area contributed by atoms with Crippen molar-refractivity contribution < 1.29 is 21.6 Å². The maximum atomic E-state index is 12.7. The fourth-order valence-corrected chi connectivity index (χ4v) is 4.05. The predicted octanol–water partition coefficient (Wildman–Crippen LogP) is 2.08. The Kier molecular flexibility index (Phi) is 3.03. The molecule has 2 aromatic rings. The third kappa shape index (κ3) is 2.11. The van der Waals surface area contributed by atoms with Crippen LogP contribution in [-0.2, 0) is 22.7 Å². The first-order valence-corrected chi connectivity index (χ1v) is 7.77. The largest absolute Gasteiger partial charge is 0.416 e. The Morgan fingerprint density at radius 3 is 2.62 bits per heavy atom. The summed E-state index contributed by atoms with van der Waals surface area (Å²) in [5.41, 5.74) is -0.395. The lowest BCUT2D eigenvalue weighted by Gasteiger charge is -2.25. The smallest absolute Gasteiger partial charge is 0.312 e. The molecule has 1 aromatic carbocycles. The molecule has 3 rings (SSSR count). The van der Waals surface area contributed by atoms with Crippen molar-refractivity contribution in [1.82, 2.24) is 13.9 Å².